The van der Waals surface area contributed by atoms with Crippen LogP contribution in [0.2, 0.25) is 0 Å². The summed E-state index contributed by atoms with van der Waals surface area (Å²) in [6.07, 6.45) is -2.98. The van der Waals surface area contributed by atoms with Gasteiger partial charge in [0.05, 0.1) is 33.5 Å². The number of hydrogen-bond acceptors (Lipinski definition) is 4. The summed E-state index contributed by atoms with van der Waals surface area (Å²) >= 11 is 0. The van der Waals surface area contributed by atoms with Crippen molar-refractivity contribution < 1.29 is 22.0 Å². The van der Waals surface area contributed by atoms with E-state index in [4.69, 9.17) is 0 Å². The SMILES string of the molecule is Cc1nn(-c2cccc(C(F)(F)F)c2)c2ccc(NC3CCN(c4nc5ccccc5n4C(F)F)CC3)cc12. The first-order chi connectivity index (χ1) is 18.7. The van der Waals surface area contributed by atoms with Crippen LogP contribution < -0.4 is 10.2 Å². The lowest BCUT2D eigenvalue weighted by Crippen LogP contribution is -2.40. The number of aromatic nitrogens is 4. The van der Waals surface area contributed by atoms with E-state index in [9.17, 15) is 22.0 Å². The summed E-state index contributed by atoms with van der Waals surface area (Å²) < 4.78 is 69.9. The lowest BCUT2D eigenvalue weighted by Gasteiger charge is -2.33. The van der Waals surface area contributed by atoms with Gasteiger partial charge in [-0.15, -0.1) is 0 Å². The summed E-state index contributed by atoms with van der Waals surface area (Å²) in [4.78, 5) is 6.37. The van der Waals surface area contributed by atoms with Crippen molar-refractivity contribution in [1.29, 1.82) is 0 Å². The molecule has 202 valence electrons. The standard InChI is InChI=1S/C28H25F5N6/c1-17-22-16-20(9-10-24(22)39(36-17)21-6-4-5-18(15-21)28(31,32)33)34-19-11-13-37(14-12-19)27-35-23-7-2-3-8-25(23)38(27)26(29)30/h2-10,15-16,19,26,34H,11-14H2,1H3. The van der Waals surface area contributed by atoms with Gasteiger partial charge in [0.2, 0.25) is 5.95 Å². The summed E-state index contributed by atoms with van der Waals surface area (Å²) in [6, 6.07) is 17.8. The van der Waals surface area contributed by atoms with E-state index in [1.807, 2.05) is 30.0 Å². The van der Waals surface area contributed by atoms with E-state index in [0.717, 1.165) is 40.6 Å². The van der Waals surface area contributed by atoms with Gasteiger partial charge in [0.1, 0.15) is 0 Å². The number of alkyl halides is 5. The Morgan fingerprint density at radius 3 is 2.44 bits per heavy atom. The molecule has 11 heteroatoms. The monoisotopic (exact) mass is 540 g/mol. The maximum Gasteiger partial charge on any atom is 0.416 e. The van der Waals surface area contributed by atoms with Crippen molar-refractivity contribution in [3.8, 4) is 5.69 Å². The molecule has 5 aromatic rings. The van der Waals surface area contributed by atoms with Crippen LogP contribution in [0.4, 0.5) is 33.6 Å². The molecule has 0 amide bonds. The van der Waals surface area contributed by atoms with E-state index in [1.165, 1.54) is 10.7 Å². The van der Waals surface area contributed by atoms with E-state index in [1.54, 1.807) is 30.3 Å². The third kappa shape index (κ3) is 4.66. The molecule has 1 aliphatic rings. The highest BCUT2D eigenvalue weighted by Gasteiger charge is 2.31. The van der Waals surface area contributed by atoms with Gasteiger partial charge < -0.3 is 10.2 Å². The van der Waals surface area contributed by atoms with E-state index < -0.39 is 18.3 Å². The number of benzene rings is 3. The summed E-state index contributed by atoms with van der Waals surface area (Å²) in [5, 5.41) is 8.86. The fourth-order valence-corrected chi connectivity index (χ4v) is 5.28. The van der Waals surface area contributed by atoms with Gasteiger partial charge in [-0.25, -0.2) is 9.67 Å². The normalized spacial score (nSPS) is 15.1. The summed E-state index contributed by atoms with van der Waals surface area (Å²) in [7, 11) is 0. The van der Waals surface area contributed by atoms with Gasteiger partial charge in [0.15, 0.2) is 0 Å². The average Bonchev–Trinajstić information content (AvgIpc) is 3.47. The topological polar surface area (TPSA) is 50.9 Å². The second kappa shape index (κ2) is 9.55. The van der Waals surface area contributed by atoms with E-state index >= 15 is 0 Å². The van der Waals surface area contributed by atoms with Gasteiger partial charge in [0, 0.05) is 30.2 Å². The summed E-state index contributed by atoms with van der Waals surface area (Å²) in [5.41, 5.74) is 2.85. The minimum atomic E-state index is -4.44. The maximum atomic E-state index is 13.9. The largest absolute Gasteiger partial charge is 0.416 e. The van der Waals surface area contributed by atoms with E-state index in [-0.39, 0.29) is 12.0 Å². The van der Waals surface area contributed by atoms with Crippen molar-refractivity contribution >= 4 is 33.6 Å². The van der Waals surface area contributed by atoms with Crippen molar-refractivity contribution in [3.63, 3.8) is 0 Å². The highest BCUT2D eigenvalue weighted by Crippen LogP contribution is 2.33. The highest BCUT2D eigenvalue weighted by atomic mass is 19.4. The first kappa shape index (κ1) is 25.1. The first-order valence-electron chi connectivity index (χ1n) is 12.6. The Morgan fingerprint density at radius 2 is 1.69 bits per heavy atom. The molecule has 0 radical (unpaired) electrons. The predicted molar refractivity (Wildman–Crippen MR) is 141 cm³/mol. The number of para-hydroxylation sites is 2. The van der Waals surface area contributed by atoms with Crippen LogP contribution in [0.25, 0.3) is 27.6 Å². The number of nitrogens with zero attached hydrogens (tertiary/aromatic N) is 5. The molecule has 0 atom stereocenters. The molecule has 0 aliphatic carbocycles. The van der Waals surface area contributed by atoms with Crippen LogP contribution in [-0.4, -0.2) is 38.5 Å². The molecule has 0 unspecified atom stereocenters. The van der Waals surface area contributed by atoms with Crippen LogP contribution in [-0.2, 0) is 6.18 Å². The zero-order valence-electron chi connectivity index (χ0n) is 21.0. The Kier molecular flexibility index (Phi) is 6.16. The number of rotatable bonds is 5. The van der Waals surface area contributed by atoms with Crippen LogP contribution in [0.1, 0.15) is 30.6 Å². The summed E-state index contributed by atoms with van der Waals surface area (Å²) in [5.74, 6) is 0.281. The number of imidazole rings is 1. The molecule has 0 saturated carbocycles. The fraction of sp³-hybridized carbons (Fsp3) is 0.286. The lowest BCUT2D eigenvalue weighted by molar-refractivity contribution is -0.137. The van der Waals surface area contributed by atoms with Gasteiger partial charge >= 0.3 is 12.7 Å². The third-order valence-electron chi connectivity index (χ3n) is 7.20. The minimum absolute atomic E-state index is 0.127. The predicted octanol–water partition coefficient (Wildman–Crippen LogP) is 7.18. The number of anilines is 2. The third-order valence-corrected chi connectivity index (χ3v) is 7.20. The highest BCUT2D eigenvalue weighted by molar-refractivity contribution is 5.86. The van der Waals surface area contributed by atoms with Crippen molar-refractivity contribution in [2.45, 2.75) is 38.5 Å². The Morgan fingerprint density at radius 1 is 0.923 bits per heavy atom. The smallest absolute Gasteiger partial charge is 0.382 e. The van der Waals surface area contributed by atoms with Crippen LogP contribution in [0.15, 0.2) is 66.7 Å². The Labute approximate surface area is 220 Å². The van der Waals surface area contributed by atoms with Gasteiger partial charge in [0.25, 0.3) is 0 Å². The number of fused-ring (bicyclic) bond motifs is 2. The van der Waals surface area contributed by atoms with Crippen molar-refractivity contribution in [2.24, 2.45) is 0 Å². The molecule has 2 aromatic heterocycles. The fourth-order valence-electron chi connectivity index (χ4n) is 5.28. The molecule has 1 saturated heterocycles. The Bertz CT molecular complexity index is 1650. The molecule has 6 rings (SSSR count). The molecule has 1 aliphatic heterocycles. The second-order valence-electron chi connectivity index (χ2n) is 9.73. The van der Waals surface area contributed by atoms with Crippen LogP contribution in [0.3, 0.4) is 0 Å². The van der Waals surface area contributed by atoms with E-state index in [2.05, 4.69) is 15.4 Å². The number of nitrogens with one attached hydrogen (secondary N) is 1. The molecule has 0 bridgehead atoms. The molecule has 39 heavy (non-hydrogen) atoms. The quantitative estimate of drug-likeness (QED) is 0.240. The molecule has 6 nitrogen and oxygen atoms in total. The molecule has 3 aromatic carbocycles. The second-order valence-corrected chi connectivity index (χ2v) is 9.73. The van der Waals surface area contributed by atoms with Gasteiger partial charge in [-0.05, 0) is 68.3 Å². The van der Waals surface area contributed by atoms with Gasteiger partial charge in [-0.1, -0.05) is 18.2 Å². The zero-order valence-corrected chi connectivity index (χ0v) is 21.0. The summed E-state index contributed by atoms with van der Waals surface area (Å²) in [6.45, 7) is 0.282. The lowest BCUT2D eigenvalue weighted by atomic mass is 10.0. The molecule has 0 spiro atoms. The number of aryl methyl sites for hydroxylation is 1. The molecule has 3 heterocycles. The van der Waals surface area contributed by atoms with E-state index in [0.29, 0.717) is 41.0 Å². The average molecular weight is 541 g/mol. The van der Waals surface area contributed by atoms with Crippen LogP contribution in [0, 0.1) is 6.92 Å². The number of halogens is 5. The van der Waals surface area contributed by atoms with Gasteiger partial charge in [-0.3, -0.25) is 4.57 Å². The molecule has 1 fully saturated rings. The molecular formula is C28H25F5N6. The first-order valence-corrected chi connectivity index (χ1v) is 12.6. The number of piperidine rings is 1. The zero-order chi connectivity index (χ0) is 27.3. The molecular weight excluding hydrogens is 515 g/mol. The molecule has 1 N–H and O–H groups in total. The van der Waals surface area contributed by atoms with Gasteiger partial charge in [-0.2, -0.15) is 27.1 Å². The van der Waals surface area contributed by atoms with Crippen LogP contribution >= 0.6 is 0 Å². The number of hydrogen-bond donors (Lipinski definition) is 1. The van der Waals surface area contributed by atoms with Crippen molar-refractivity contribution in [1.82, 2.24) is 19.3 Å². The minimum Gasteiger partial charge on any atom is -0.382 e. The van der Waals surface area contributed by atoms with Crippen molar-refractivity contribution in [2.75, 3.05) is 23.3 Å². The van der Waals surface area contributed by atoms with Crippen LogP contribution in [0.5, 0.6) is 0 Å². The Hall–Kier alpha value is -4.15. The van der Waals surface area contributed by atoms with Crippen molar-refractivity contribution in [3.05, 3.63) is 78.0 Å². The Balaban J connectivity index is 1.19. The maximum absolute atomic E-state index is 13.9.